The molecule has 132 valence electrons. The van der Waals surface area contributed by atoms with E-state index in [4.69, 9.17) is 16.3 Å². The van der Waals surface area contributed by atoms with Gasteiger partial charge in [0.25, 0.3) is 11.6 Å². The highest BCUT2D eigenvalue weighted by atomic mass is 35.5. The fourth-order valence-electron chi connectivity index (χ4n) is 2.21. The van der Waals surface area contributed by atoms with Crippen molar-refractivity contribution < 1.29 is 19.6 Å². The Morgan fingerprint density at radius 1 is 1.32 bits per heavy atom. The van der Waals surface area contributed by atoms with Gasteiger partial charge in [-0.1, -0.05) is 17.7 Å². The summed E-state index contributed by atoms with van der Waals surface area (Å²) in [4.78, 5) is 24.1. The van der Waals surface area contributed by atoms with Crippen molar-refractivity contribution in [3.8, 4) is 11.5 Å². The van der Waals surface area contributed by atoms with Gasteiger partial charge in [0.1, 0.15) is 17.1 Å². The minimum atomic E-state index is -0.650. The lowest BCUT2D eigenvalue weighted by Crippen LogP contribution is -2.29. The van der Waals surface area contributed by atoms with E-state index in [0.717, 1.165) is 12.1 Å². The van der Waals surface area contributed by atoms with Crippen molar-refractivity contribution in [3.05, 3.63) is 63.2 Å². The number of nitro groups is 1. The van der Waals surface area contributed by atoms with Gasteiger partial charge in [0.2, 0.25) is 0 Å². The summed E-state index contributed by atoms with van der Waals surface area (Å²) in [6.07, 6.45) is 0.529. The average molecular weight is 365 g/mol. The summed E-state index contributed by atoms with van der Waals surface area (Å²) in [5.41, 5.74) is -0.493. The van der Waals surface area contributed by atoms with E-state index in [0.29, 0.717) is 30.3 Å². The highest BCUT2D eigenvalue weighted by molar-refractivity contribution is 6.30. The van der Waals surface area contributed by atoms with Gasteiger partial charge in [-0.3, -0.25) is 14.9 Å². The molecule has 25 heavy (non-hydrogen) atoms. The Balaban J connectivity index is 1.92. The number of hydrogen-bond donors (Lipinski definition) is 1. The zero-order valence-electron chi connectivity index (χ0n) is 13.5. The summed E-state index contributed by atoms with van der Waals surface area (Å²) in [6.45, 7) is 0.701. The van der Waals surface area contributed by atoms with Crippen molar-refractivity contribution in [1.29, 1.82) is 0 Å². The number of hydrogen-bond acceptors (Lipinski definition) is 5. The Morgan fingerprint density at radius 3 is 2.76 bits per heavy atom. The molecule has 0 aliphatic heterocycles. The quantitative estimate of drug-likeness (QED) is 0.461. The molecule has 0 aromatic heterocycles. The van der Waals surface area contributed by atoms with Crippen LogP contribution < -0.4 is 4.74 Å². The summed E-state index contributed by atoms with van der Waals surface area (Å²) >= 11 is 5.86. The Morgan fingerprint density at radius 2 is 2.08 bits per heavy atom. The van der Waals surface area contributed by atoms with Crippen LogP contribution in [-0.4, -0.2) is 41.0 Å². The second kappa shape index (κ2) is 8.34. The summed E-state index contributed by atoms with van der Waals surface area (Å²) in [5.74, 6) is -0.109. The molecule has 0 radical (unpaired) electrons. The van der Waals surface area contributed by atoms with Gasteiger partial charge < -0.3 is 14.7 Å². The highest BCUT2D eigenvalue weighted by Gasteiger charge is 2.23. The number of ether oxygens (including phenoxy) is 1. The van der Waals surface area contributed by atoms with E-state index in [-0.39, 0.29) is 17.0 Å². The molecule has 0 atom stereocenters. The summed E-state index contributed by atoms with van der Waals surface area (Å²) < 4.78 is 5.53. The van der Waals surface area contributed by atoms with Crippen molar-refractivity contribution >= 4 is 23.2 Å². The molecule has 0 saturated carbocycles. The van der Waals surface area contributed by atoms with Crippen LogP contribution in [0.5, 0.6) is 11.5 Å². The molecule has 1 amide bonds. The first-order chi connectivity index (χ1) is 11.9. The minimum absolute atomic E-state index is 0.150. The van der Waals surface area contributed by atoms with Gasteiger partial charge in [-0.2, -0.15) is 0 Å². The number of phenols is 1. The van der Waals surface area contributed by atoms with Gasteiger partial charge in [0, 0.05) is 24.7 Å². The Bertz CT molecular complexity index is 781. The zero-order valence-corrected chi connectivity index (χ0v) is 14.3. The van der Waals surface area contributed by atoms with Crippen LogP contribution in [0.3, 0.4) is 0 Å². The molecular formula is C17H17ClN2O5. The number of carbonyl (C=O) groups excluding carboxylic acids is 1. The van der Waals surface area contributed by atoms with Crippen LogP contribution in [0, 0.1) is 10.1 Å². The predicted molar refractivity (Wildman–Crippen MR) is 93.3 cm³/mol. The van der Waals surface area contributed by atoms with E-state index in [2.05, 4.69) is 0 Å². The first-order valence-corrected chi connectivity index (χ1v) is 7.87. The summed E-state index contributed by atoms with van der Waals surface area (Å²) in [7, 11) is 1.54. The number of halogens is 1. The zero-order chi connectivity index (χ0) is 18.4. The van der Waals surface area contributed by atoms with E-state index in [1.807, 2.05) is 0 Å². The SMILES string of the molecule is CN(CCCOc1cccc(Cl)c1)C(=O)c1cc(O)ccc1[N+](=O)[O-]. The lowest BCUT2D eigenvalue weighted by Gasteiger charge is -2.17. The molecule has 0 spiro atoms. The van der Waals surface area contributed by atoms with Gasteiger partial charge >= 0.3 is 0 Å². The normalized spacial score (nSPS) is 10.3. The number of aromatic hydroxyl groups is 1. The van der Waals surface area contributed by atoms with Crippen LogP contribution in [0.15, 0.2) is 42.5 Å². The molecule has 7 nitrogen and oxygen atoms in total. The standard InChI is InChI=1S/C17H17ClN2O5/c1-19(8-3-9-25-14-5-2-4-12(18)10-14)17(22)15-11-13(21)6-7-16(15)20(23)24/h2,4-7,10-11,21H,3,8-9H2,1H3. The molecule has 0 bridgehead atoms. The second-order valence-corrected chi connectivity index (χ2v) is 5.78. The molecule has 0 saturated heterocycles. The molecular weight excluding hydrogens is 348 g/mol. The van der Waals surface area contributed by atoms with Crippen LogP contribution in [0.4, 0.5) is 5.69 Å². The monoisotopic (exact) mass is 364 g/mol. The van der Waals surface area contributed by atoms with Crippen LogP contribution in [0.1, 0.15) is 16.8 Å². The Hall–Kier alpha value is -2.80. The van der Waals surface area contributed by atoms with Crippen LogP contribution in [0.25, 0.3) is 0 Å². The molecule has 1 N–H and O–H groups in total. The fraction of sp³-hybridized carbons (Fsp3) is 0.235. The van der Waals surface area contributed by atoms with Crippen molar-refractivity contribution in [2.45, 2.75) is 6.42 Å². The van der Waals surface area contributed by atoms with Crippen molar-refractivity contribution in [1.82, 2.24) is 4.90 Å². The molecule has 0 aliphatic rings. The Kier molecular flexibility index (Phi) is 6.19. The average Bonchev–Trinajstić information content (AvgIpc) is 2.57. The number of nitro benzene ring substituents is 1. The number of nitrogens with zero attached hydrogens (tertiary/aromatic N) is 2. The maximum absolute atomic E-state index is 12.4. The van der Waals surface area contributed by atoms with E-state index in [9.17, 15) is 20.0 Å². The molecule has 0 fully saturated rings. The highest BCUT2D eigenvalue weighted by Crippen LogP contribution is 2.24. The maximum atomic E-state index is 12.4. The van der Waals surface area contributed by atoms with E-state index < -0.39 is 10.8 Å². The minimum Gasteiger partial charge on any atom is -0.508 e. The molecule has 2 rings (SSSR count). The molecule has 2 aromatic rings. The number of phenolic OH excluding ortho intramolecular Hbond substituents is 1. The molecule has 8 heteroatoms. The van der Waals surface area contributed by atoms with Crippen LogP contribution >= 0.6 is 11.6 Å². The first-order valence-electron chi connectivity index (χ1n) is 7.49. The van der Waals surface area contributed by atoms with Gasteiger partial charge in [-0.05, 0) is 36.8 Å². The van der Waals surface area contributed by atoms with Crippen molar-refractivity contribution in [2.24, 2.45) is 0 Å². The van der Waals surface area contributed by atoms with Crippen LogP contribution in [-0.2, 0) is 0 Å². The summed E-state index contributed by atoms with van der Waals surface area (Å²) in [6, 6.07) is 10.4. The molecule has 0 unspecified atom stereocenters. The third kappa shape index (κ3) is 5.09. The van der Waals surface area contributed by atoms with Crippen molar-refractivity contribution in [2.75, 3.05) is 20.2 Å². The molecule has 0 heterocycles. The van der Waals surface area contributed by atoms with Crippen LogP contribution in [0.2, 0.25) is 5.02 Å². The maximum Gasteiger partial charge on any atom is 0.282 e. The summed E-state index contributed by atoms with van der Waals surface area (Å²) in [5, 5.41) is 21.1. The fourth-order valence-corrected chi connectivity index (χ4v) is 2.39. The largest absolute Gasteiger partial charge is 0.508 e. The lowest BCUT2D eigenvalue weighted by molar-refractivity contribution is -0.385. The van der Waals surface area contributed by atoms with Gasteiger partial charge in [-0.15, -0.1) is 0 Å². The second-order valence-electron chi connectivity index (χ2n) is 5.34. The Labute approximate surface area is 149 Å². The third-order valence-electron chi connectivity index (χ3n) is 3.46. The van der Waals surface area contributed by atoms with Gasteiger partial charge in [0.15, 0.2) is 0 Å². The lowest BCUT2D eigenvalue weighted by atomic mass is 10.1. The van der Waals surface area contributed by atoms with E-state index in [1.165, 1.54) is 18.0 Å². The predicted octanol–water partition coefficient (Wildman–Crippen LogP) is 3.49. The topological polar surface area (TPSA) is 92.9 Å². The molecule has 0 aliphatic carbocycles. The number of carbonyl (C=O) groups is 1. The first kappa shape index (κ1) is 18.5. The van der Waals surface area contributed by atoms with Gasteiger partial charge in [0.05, 0.1) is 11.5 Å². The van der Waals surface area contributed by atoms with E-state index >= 15 is 0 Å². The molecule has 2 aromatic carbocycles. The van der Waals surface area contributed by atoms with E-state index in [1.54, 1.807) is 24.3 Å². The van der Waals surface area contributed by atoms with Crippen molar-refractivity contribution in [3.63, 3.8) is 0 Å². The third-order valence-corrected chi connectivity index (χ3v) is 3.69. The number of benzene rings is 2. The van der Waals surface area contributed by atoms with Gasteiger partial charge in [-0.25, -0.2) is 0 Å². The number of amides is 1. The smallest absolute Gasteiger partial charge is 0.282 e. The number of rotatable bonds is 7.